The molecule has 1 aromatic rings. The Morgan fingerprint density at radius 2 is 1.67 bits per heavy atom. The SMILES string of the molecule is N#CN1CCN(c2ccc(F)cc2)CC1. The Morgan fingerprint density at radius 1 is 1.07 bits per heavy atom. The van der Waals surface area contributed by atoms with Gasteiger partial charge < -0.3 is 9.80 Å². The lowest BCUT2D eigenvalue weighted by Gasteiger charge is -2.33. The van der Waals surface area contributed by atoms with Crippen LogP contribution in [0.15, 0.2) is 24.3 Å². The van der Waals surface area contributed by atoms with Crippen LogP contribution in [0.5, 0.6) is 0 Å². The molecule has 4 heteroatoms. The molecule has 3 nitrogen and oxygen atoms in total. The molecule has 2 rings (SSSR count). The Labute approximate surface area is 88.3 Å². The summed E-state index contributed by atoms with van der Waals surface area (Å²) in [6.45, 7) is 3.13. The summed E-state index contributed by atoms with van der Waals surface area (Å²) in [4.78, 5) is 3.90. The van der Waals surface area contributed by atoms with Crippen molar-refractivity contribution in [2.45, 2.75) is 0 Å². The number of hydrogen-bond donors (Lipinski definition) is 0. The third kappa shape index (κ3) is 2.18. The van der Waals surface area contributed by atoms with Crippen molar-refractivity contribution in [2.75, 3.05) is 31.1 Å². The molecule has 0 N–H and O–H groups in total. The van der Waals surface area contributed by atoms with Gasteiger partial charge in [0.25, 0.3) is 0 Å². The summed E-state index contributed by atoms with van der Waals surface area (Å²) in [7, 11) is 0. The zero-order valence-electron chi connectivity index (χ0n) is 8.36. The molecule has 1 heterocycles. The summed E-state index contributed by atoms with van der Waals surface area (Å²) >= 11 is 0. The maximum Gasteiger partial charge on any atom is 0.179 e. The number of anilines is 1. The summed E-state index contributed by atoms with van der Waals surface area (Å²) in [5.41, 5.74) is 1.02. The van der Waals surface area contributed by atoms with Crippen LogP contribution in [-0.4, -0.2) is 31.1 Å². The van der Waals surface area contributed by atoms with E-state index in [1.165, 1.54) is 12.1 Å². The van der Waals surface area contributed by atoms with E-state index in [1.807, 2.05) is 0 Å². The molecule has 78 valence electrons. The highest BCUT2D eigenvalue weighted by Crippen LogP contribution is 2.16. The second kappa shape index (κ2) is 4.18. The van der Waals surface area contributed by atoms with Gasteiger partial charge in [0, 0.05) is 31.9 Å². The molecule has 1 saturated heterocycles. The van der Waals surface area contributed by atoms with Gasteiger partial charge in [-0.25, -0.2) is 4.39 Å². The van der Waals surface area contributed by atoms with Crippen molar-refractivity contribution in [1.29, 1.82) is 5.26 Å². The Kier molecular flexibility index (Phi) is 2.72. The van der Waals surface area contributed by atoms with Gasteiger partial charge in [-0.2, -0.15) is 5.26 Å². The van der Waals surface area contributed by atoms with E-state index < -0.39 is 0 Å². The van der Waals surface area contributed by atoms with Crippen LogP contribution < -0.4 is 4.90 Å². The van der Waals surface area contributed by atoms with Gasteiger partial charge in [-0.15, -0.1) is 0 Å². The summed E-state index contributed by atoms with van der Waals surface area (Å²) in [5, 5.41) is 8.69. The largest absolute Gasteiger partial charge is 0.368 e. The van der Waals surface area contributed by atoms with Gasteiger partial charge in [0.1, 0.15) is 5.82 Å². The van der Waals surface area contributed by atoms with Gasteiger partial charge >= 0.3 is 0 Å². The Morgan fingerprint density at radius 3 is 2.20 bits per heavy atom. The molecule has 0 unspecified atom stereocenters. The van der Waals surface area contributed by atoms with Crippen LogP contribution in [0.1, 0.15) is 0 Å². The first-order valence-corrected chi connectivity index (χ1v) is 4.95. The number of hydrogen-bond acceptors (Lipinski definition) is 3. The van der Waals surface area contributed by atoms with E-state index in [0.717, 1.165) is 31.9 Å². The second-order valence-electron chi connectivity index (χ2n) is 3.55. The highest BCUT2D eigenvalue weighted by molar-refractivity contribution is 5.46. The highest BCUT2D eigenvalue weighted by Gasteiger charge is 2.15. The summed E-state index contributed by atoms with van der Waals surface area (Å²) in [6, 6.07) is 6.48. The van der Waals surface area contributed by atoms with E-state index in [1.54, 1.807) is 17.0 Å². The number of halogens is 1. The van der Waals surface area contributed by atoms with Gasteiger partial charge in [-0.05, 0) is 24.3 Å². The van der Waals surface area contributed by atoms with Crippen LogP contribution >= 0.6 is 0 Å². The number of benzene rings is 1. The van der Waals surface area contributed by atoms with Crippen LogP contribution in [0.4, 0.5) is 10.1 Å². The van der Waals surface area contributed by atoms with E-state index >= 15 is 0 Å². The van der Waals surface area contributed by atoms with E-state index in [4.69, 9.17) is 5.26 Å². The highest BCUT2D eigenvalue weighted by atomic mass is 19.1. The standard InChI is InChI=1S/C11H12FN3/c12-10-1-3-11(4-2-10)15-7-5-14(9-13)6-8-15/h1-4H,5-8H2. The molecule has 0 amide bonds. The van der Waals surface area contributed by atoms with Crippen molar-refractivity contribution in [1.82, 2.24) is 4.90 Å². The third-order valence-electron chi connectivity index (χ3n) is 2.61. The lowest BCUT2D eigenvalue weighted by Crippen LogP contribution is -2.44. The third-order valence-corrected chi connectivity index (χ3v) is 2.61. The monoisotopic (exact) mass is 205 g/mol. The minimum absolute atomic E-state index is 0.214. The number of piperazine rings is 1. The molecule has 0 saturated carbocycles. The van der Waals surface area contributed by atoms with Crippen LogP contribution in [0, 0.1) is 17.3 Å². The molecule has 0 radical (unpaired) electrons. The predicted molar refractivity (Wildman–Crippen MR) is 55.8 cm³/mol. The Balaban J connectivity index is 2.02. The molecule has 15 heavy (non-hydrogen) atoms. The minimum Gasteiger partial charge on any atom is -0.368 e. The second-order valence-corrected chi connectivity index (χ2v) is 3.55. The fraction of sp³-hybridized carbons (Fsp3) is 0.364. The first-order valence-electron chi connectivity index (χ1n) is 4.95. The quantitative estimate of drug-likeness (QED) is 0.650. The molecule has 0 atom stereocenters. The van der Waals surface area contributed by atoms with Crippen molar-refractivity contribution >= 4 is 5.69 Å². The Bertz CT molecular complexity index is 360. The zero-order valence-corrected chi connectivity index (χ0v) is 8.36. The molecule has 0 aromatic heterocycles. The Hall–Kier alpha value is -1.76. The maximum atomic E-state index is 12.7. The minimum atomic E-state index is -0.214. The van der Waals surface area contributed by atoms with Gasteiger partial charge in [-0.3, -0.25) is 0 Å². The van der Waals surface area contributed by atoms with Crippen molar-refractivity contribution in [3.8, 4) is 6.19 Å². The molecular formula is C11H12FN3. The van der Waals surface area contributed by atoms with Crippen LogP contribution in [0.3, 0.4) is 0 Å². The van der Waals surface area contributed by atoms with Gasteiger partial charge in [-0.1, -0.05) is 0 Å². The first-order chi connectivity index (χ1) is 7.29. The zero-order chi connectivity index (χ0) is 10.7. The molecule has 0 bridgehead atoms. The lowest BCUT2D eigenvalue weighted by atomic mass is 10.2. The predicted octanol–water partition coefficient (Wildman–Crippen LogP) is 1.43. The van der Waals surface area contributed by atoms with E-state index in [-0.39, 0.29) is 5.82 Å². The number of nitrogens with zero attached hydrogens (tertiary/aromatic N) is 3. The van der Waals surface area contributed by atoms with Crippen molar-refractivity contribution in [3.63, 3.8) is 0 Å². The molecule has 1 aliphatic rings. The van der Waals surface area contributed by atoms with Crippen molar-refractivity contribution in [3.05, 3.63) is 30.1 Å². The molecule has 1 fully saturated rings. The molecular weight excluding hydrogens is 193 g/mol. The van der Waals surface area contributed by atoms with Gasteiger partial charge in [0.15, 0.2) is 6.19 Å². The summed E-state index contributed by atoms with van der Waals surface area (Å²) < 4.78 is 12.7. The van der Waals surface area contributed by atoms with E-state index in [9.17, 15) is 4.39 Å². The van der Waals surface area contributed by atoms with Crippen molar-refractivity contribution < 1.29 is 4.39 Å². The van der Waals surface area contributed by atoms with Gasteiger partial charge in [0.05, 0.1) is 0 Å². The molecule has 0 spiro atoms. The molecule has 0 aliphatic carbocycles. The average Bonchev–Trinajstić information content (AvgIpc) is 2.30. The number of rotatable bonds is 1. The molecule has 1 aromatic carbocycles. The lowest BCUT2D eigenvalue weighted by molar-refractivity contribution is 0.363. The normalized spacial score (nSPS) is 16.3. The van der Waals surface area contributed by atoms with Crippen LogP contribution in [0.25, 0.3) is 0 Å². The van der Waals surface area contributed by atoms with Crippen LogP contribution in [-0.2, 0) is 0 Å². The van der Waals surface area contributed by atoms with Crippen LogP contribution in [0.2, 0.25) is 0 Å². The number of nitriles is 1. The fourth-order valence-electron chi connectivity index (χ4n) is 1.72. The smallest absolute Gasteiger partial charge is 0.179 e. The topological polar surface area (TPSA) is 30.3 Å². The maximum absolute atomic E-state index is 12.7. The average molecular weight is 205 g/mol. The van der Waals surface area contributed by atoms with E-state index in [0.29, 0.717) is 0 Å². The van der Waals surface area contributed by atoms with Gasteiger partial charge in [0.2, 0.25) is 0 Å². The van der Waals surface area contributed by atoms with Crippen molar-refractivity contribution in [2.24, 2.45) is 0 Å². The fourth-order valence-corrected chi connectivity index (χ4v) is 1.72. The summed E-state index contributed by atoms with van der Waals surface area (Å²) in [5.74, 6) is -0.214. The first kappa shape index (κ1) is 9.78. The van der Waals surface area contributed by atoms with E-state index in [2.05, 4.69) is 11.1 Å². The molecule has 1 aliphatic heterocycles. The summed E-state index contributed by atoms with van der Waals surface area (Å²) in [6.07, 6.45) is 2.13.